The van der Waals surface area contributed by atoms with Crippen molar-refractivity contribution in [2.75, 3.05) is 12.0 Å². The molecule has 2 aliphatic carbocycles. The molecule has 0 bridgehead atoms. The van der Waals surface area contributed by atoms with Crippen LogP contribution in [0.4, 0.5) is 10.5 Å². The van der Waals surface area contributed by atoms with Crippen LogP contribution in [0.2, 0.25) is 0 Å². The van der Waals surface area contributed by atoms with Gasteiger partial charge in [0.15, 0.2) is 0 Å². The van der Waals surface area contributed by atoms with Crippen molar-refractivity contribution in [1.82, 2.24) is 9.55 Å². The van der Waals surface area contributed by atoms with Crippen molar-refractivity contribution in [3.63, 3.8) is 0 Å². The molecule has 0 saturated heterocycles. The number of aliphatic carboxylic acids is 1. The van der Waals surface area contributed by atoms with Crippen LogP contribution in [0.15, 0.2) is 12.1 Å². The van der Waals surface area contributed by atoms with Crippen molar-refractivity contribution < 1.29 is 24.5 Å². The van der Waals surface area contributed by atoms with E-state index in [0.717, 1.165) is 60.8 Å². The van der Waals surface area contributed by atoms with E-state index in [2.05, 4.69) is 4.57 Å². The molecule has 1 aliphatic heterocycles. The van der Waals surface area contributed by atoms with Gasteiger partial charge in [0.05, 0.1) is 29.7 Å². The third-order valence-electron chi connectivity index (χ3n) is 8.54. The SMILES string of the molecule is COC(=O)N1c2ccc3c(nc([C@H](O)CC4CCCC4)n3[C@@H]3CCC[C@@H](C(=O)O)C3)c2CC[C@@H]1C. The average Bonchev–Trinajstić information content (AvgIpc) is 3.51. The predicted octanol–water partition coefficient (Wildman–Crippen LogP) is 5.37. The molecule has 3 aliphatic rings. The van der Waals surface area contributed by atoms with Crippen LogP contribution in [0.5, 0.6) is 0 Å². The van der Waals surface area contributed by atoms with E-state index in [-0.39, 0.29) is 24.1 Å². The highest BCUT2D eigenvalue weighted by Crippen LogP contribution is 2.42. The Balaban J connectivity index is 1.61. The Morgan fingerprint density at radius 2 is 1.91 bits per heavy atom. The zero-order valence-electron chi connectivity index (χ0n) is 20.8. The second-order valence-corrected chi connectivity index (χ2v) is 10.8. The van der Waals surface area contributed by atoms with Gasteiger partial charge in [-0.3, -0.25) is 9.69 Å². The van der Waals surface area contributed by atoms with Crippen molar-refractivity contribution in [3.8, 4) is 0 Å². The first-order chi connectivity index (χ1) is 16.9. The van der Waals surface area contributed by atoms with Crippen LogP contribution in [0.3, 0.4) is 0 Å². The van der Waals surface area contributed by atoms with Crippen LogP contribution in [-0.2, 0) is 16.0 Å². The number of fused-ring (bicyclic) bond motifs is 3. The lowest BCUT2D eigenvalue weighted by atomic mass is 9.85. The predicted molar refractivity (Wildman–Crippen MR) is 133 cm³/mol. The first-order valence-electron chi connectivity index (χ1n) is 13.2. The molecular weight excluding hydrogens is 446 g/mol. The first kappa shape index (κ1) is 24.1. The van der Waals surface area contributed by atoms with Gasteiger partial charge in [-0.25, -0.2) is 9.78 Å². The average molecular weight is 484 g/mol. The Bertz CT molecular complexity index is 1110. The van der Waals surface area contributed by atoms with E-state index >= 15 is 0 Å². The number of amides is 1. The molecule has 2 saturated carbocycles. The van der Waals surface area contributed by atoms with Crippen LogP contribution < -0.4 is 4.90 Å². The Kier molecular flexibility index (Phi) is 6.75. The number of imidazole rings is 1. The number of ether oxygens (including phenoxy) is 1. The Labute approximate surface area is 206 Å². The number of aromatic nitrogens is 2. The number of aryl methyl sites for hydroxylation is 1. The van der Waals surface area contributed by atoms with E-state index in [1.165, 1.54) is 20.0 Å². The minimum atomic E-state index is -0.743. The molecule has 1 aromatic carbocycles. The lowest BCUT2D eigenvalue weighted by Gasteiger charge is -2.34. The summed E-state index contributed by atoms with van der Waals surface area (Å²) in [5.41, 5.74) is 3.57. The zero-order valence-corrected chi connectivity index (χ0v) is 20.8. The van der Waals surface area contributed by atoms with Crippen LogP contribution in [-0.4, -0.2) is 45.0 Å². The number of carboxylic acid groups (broad SMARTS) is 1. The second kappa shape index (κ2) is 9.80. The molecule has 4 atom stereocenters. The quantitative estimate of drug-likeness (QED) is 0.592. The number of carboxylic acids is 1. The van der Waals surface area contributed by atoms with Gasteiger partial charge in [-0.05, 0) is 63.5 Å². The second-order valence-electron chi connectivity index (χ2n) is 10.8. The summed E-state index contributed by atoms with van der Waals surface area (Å²) in [6.07, 6.45) is 8.89. The number of hydrogen-bond donors (Lipinski definition) is 2. The van der Waals surface area contributed by atoms with Gasteiger partial charge in [0.2, 0.25) is 0 Å². The Morgan fingerprint density at radius 1 is 1.14 bits per heavy atom. The van der Waals surface area contributed by atoms with Gasteiger partial charge >= 0.3 is 12.1 Å². The van der Waals surface area contributed by atoms with Gasteiger partial charge in [0.1, 0.15) is 11.9 Å². The van der Waals surface area contributed by atoms with Crippen molar-refractivity contribution in [2.24, 2.45) is 11.8 Å². The fourth-order valence-electron chi connectivity index (χ4n) is 6.70. The maximum atomic E-state index is 12.6. The number of carbonyl (C=O) groups excluding carboxylic acids is 1. The molecule has 0 spiro atoms. The minimum absolute atomic E-state index is 0.0136. The normalized spacial score (nSPS) is 26.0. The largest absolute Gasteiger partial charge is 0.481 e. The number of carbonyl (C=O) groups is 2. The lowest BCUT2D eigenvalue weighted by molar-refractivity contribution is -0.143. The number of hydrogen-bond acceptors (Lipinski definition) is 5. The van der Waals surface area contributed by atoms with Gasteiger partial charge in [0.25, 0.3) is 0 Å². The molecule has 2 N–H and O–H groups in total. The standard InChI is InChI=1S/C27H37N3O5/c1-16-10-11-20-21(29(16)27(34)35-2)12-13-22-24(20)28-25(23(31)14-17-6-3-4-7-17)30(22)19-9-5-8-18(15-19)26(32)33/h12-13,16-19,23,31H,3-11,14-15H2,1-2H3,(H,32,33)/t16-,18+,19+,23+/m0/s1. The summed E-state index contributed by atoms with van der Waals surface area (Å²) in [6.45, 7) is 2.02. The smallest absolute Gasteiger partial charge is 0.414 e. The van der Waals surface area contributed by atoms with Gasteiger partial charge < -0.3 is 19.5 Å². The molecule has 0 unspecified atom stereocenters. The first-order valence-corrected chi connectivity index (χ1v) is 13.2. The molecule has 2 aromatic rings. The summed E-state index contributed by atoms with van der Waals surface area (Å²) in [6, 6.07) is 3.97. The highest BCUT2D eigenvalue weighted by Gasteiger charge is 2.35. The van der Waals surface area contributed by atoms with Gasteiger partial charge in [-0.2, -0.15) is 0 Å². The Hall–Kier alpha value is -2.61. The van der Waals surface area contributed by atoms with Crippen LogP contribution in [0, 0.1) is 11.8 Å². The highest BCUT2D eigenvalue weighted by atomic mass is 16.5. The van der Waals surface area contributed by atoms with E-state index in [4.69, 9.17) is 9.72 Å². The van der Waals surface area contributed by atoms with E-state index < -0.39 is 12.1 Å². The fraction of sp³-hybridized carbons (Fsp3) is 0.667. The van der Waals surface area contributed by atoms with Gasteiger partial charge in [-0.1, -0.05) is 32.1 Å². The molecule has 2 fully saturated rings. The minimum Gasteiger partial charge on any atom is -0.481 e. The highest BCUT2D eigenvalue weighted by molar-refractivity contribution is 5.95. The molecule has 8 heteroatoms. The van der Waals surface area contributed by atoms with Crippen molar-refractivity contribution in [2.45, 2.75) is 95.7 Å². The van der Waals surface area contributed by atoms with Gasteiger partial charge in [-0.15, -0.1) is 0 Å². The fourth-order valence-corrected chi connectivity index (χ4v) is 6.70. The van der Waals surface area contributed by atoms with E-state index in [9.17, 15) is 19.8 Å². The number of benzene rings is 1. The topological polar surface area (TPSA) is 105 Å². The molecular formula is C27H37N3O5. The van der Waals surface area contributed by atoms with Crippen LogP contribution in [0.25, 0.3) is 11.0 Å². The molecule has 1 aromatic heterocycles. The molecule has 190 valence electrons. The maximum absolute atomic E-state index is 12.6. The zero-order chi connectivity index (χ0) is 24.7. The Morgan fingerprint density at radius 3 is 2.63 bits per heavy atom. The number of methoxy groups -OCH3 is 1. The molecule has 35 heavy (non-hydrogen) atoms. The van der Waals surface area contributed by atoms with E-state index in [1.807, 2.05) is 19.1 Å². The molecule has 1 amide bonds. The third kappa shape index (κ3) is 4.41. The number of anilines is 1. The van der Waals surface area contributed by atoms with Crippen molar-refractivity contribution in [1.29, 1.82) is 0 Å². The summed E-state index contributed by atoms with van der Waals surface area (Å²) in [4.78, 5) is 31.1. The summed E-state index contributed by atoms with van der Waals surface area (Å²) in [5.74, 6) is 0.0344. The van der Waals surface area contributed by atoms with Crippen molar-refractivity contribution in [3.05, 3.63) is 23.5 Å². The monoisotopic (exact) mass is 483 g/mol. The molecule has 5 rings (SSSR count). The van der Waals surface area contributed by atoms with E-state index in [0.29, 0.717) is 31.0 Å². The summed E-state index contributed by atoms with van der Waals surface area (Å²) in [7, 11) is 1.40. The van der Waals surface area contributed by atoms with Crippen molar-refractivity contribution >= 4 is 28.8 Å². The molecule has 0 radical (unpaired) electrons. The van der Waals surface area contributed by atoms with Crippen LogP contribution in [0.1, 0.15) is 94.7 Å². The summed E-state index contributed by atoms with van der Waals surface area (Å²) < 4.78 is 7.21. The van der Waals surface area contributed by atoms with Gasteiger partial charge in [0, 0.05) is 17.6 Å². The maximum Gasteiger partial charge on any atom is 0.414 e. The number of aliphatic hydroxyl groups excluding tert-OH is 1. The summed E-state index contributed by atoms with van der Waals surface area (Å²) >= 11 is 0. The number of aliphatic hydroxyl groups is 1. The van der Waals surface area contributed by atoms with E-state index in [1.54, 1.807) is 4.90 Å². The number of rotatable bonds is 5. The van der Waals surface area contributed by atoms with Crippen LogP contribution >= 0.6 is 0 Å². The third-order valence-corrected chi connectivity index (χ3v) is 8.54. The molecule has 2 heterocycles. The number of nitrogens with zero attached hydrogens (tertiary/aromatic N) is 3. The summed E-state index contributed by atoms with van der Waals surface area (Å²) in [5, 5.41) is 21.1. The lowest BCUT2D eigenvalue weighted by Crippen LogP contribution is -2.42. The molecule has 8 nitrogen and oxygen atoms in total.